The summed E-state index contributed by atoms with van der Waals surface area (Å²) in [5.74, 6) is 1.24. The van der Waals surface area contributed by atoms with Gasteiger partial charge in [-0.25, -0.2) is 0 Å². The minimum absolute atomic E-state index is 0.431. The van der Waals surface area contributed by atoms with Gasteiger partial charge in [-0.1, -0.05) is 22.8 Å². The van der Waals surface area contributed by atoms with Crippen LogP contribution in [-0.2, 0) is 16.1 Å². The van der Waals surface area contributed by atoms with Crippen molar-refractivity contribution >= 4 is 18.1 Å². The van der Waals surface area contributed by atoms with Crippen LogP contribution in [-0.4, -0.2) is 54.3 Å². The van der Waals surface area contributed by atoms with Crippen LogP contribution in [0.4, 0.5) is 0 Å². The normalized spacial score (nSPS) is 14.6. The molecular weight excluding hydrogens is 332 g/mol. The van der Waals surface area contributed by atoms with E-state index in [1.807, 2.05) is 24.3 Å². The third-order valence-electron chi connectivity index (χ3n) is 3.35. The lowest BCUT2D eigenvalue weighted by Crippen LogP contribution is -2.43. The molecule has 0 bridgehead atoms. The first kappa shape index (κ1) is 18.4. The second-order valence-corrected chi connectivity index (χ2v) is 5.54. The van der Waals surface area contributed by atoms with E-state index in [1.165, 1.54) is 0 Å². The summed E-state index contributed by atoms with van der Waals surface area (Å²) in [6.45, 7) is 7.45. The van der Waals surface area contributed by atoms with Crippen molar-refractivity contribution in [3.05, 3.63) is 35.1 Å². The van der Waals surface area contributed by atoms with Crippen LogP contribution in [0.5, 0.6) is 0 Å². The molecule has 0 amide bonds. The highest BCUT2D eigenvalue weighted by molar-refractivity contribution is 6.30. The van der Waals surface area contributed by atoms with Crippen molar-refractivity contribution in [3.63, 3.8) is 0 Å². The number of carbonyl (C=O) groups is 1. The van der Waals surface area contributed by atoms with Gasteiger partial charge in [-0.2, -0.15) is 4.98 Å². The molecule has 1 saturated heterocycles. The molecule has 1 aromatic heterocycles. The molecule has 1 fully saturated rings. The fourth-order valence-electron chi connectivity index (χ4n) is 2.19. The summed E-state index contributed by atoms with van der Waals surface area (Å²) < 4.78 is 9.44. The van der Waals surface area contributed by atoms with E-state index in [2.05, 4.69) is 25.1 Å². The minimum Gasteiger partial charge on any atom is -0.468 e. The predicted octanol–water partition coefficient (Wildman–Crippen LogP) is 1.97. The number of ether oxygens (including phenoxy) is 1. The van der Waals surface area contributed by atoms with Gasteiger partial charge in [-0.15, -0.1) is 0 Å². The van der Waals surface area contributed by atoms with Gasteiger partial charge in [0.05, 0.1) is 13.2 Å². The molecule has 0 spiro atoms. The zero-order valence-corrected chi connectivity index (χ0v) is 14.3. The molecule has 1 aliphatic rings. The number of hydrogen-bond donors (Lipinski definition) is 1. The van der Waals surface area contributed by atoms with E-state index >= 15 is 0 Å². The highest BCUT2D eigenvalue weighted by atomic mass is 35.5. The molecule has 0 unspecified atom stereocenters. The maximum atomic E-state index is 9.18. The molecule has 8 heteroatoms. The van der Waals surface area contributed by atoms with E-state index in [4.69, 9.17) is 16.1 Å². The van der Waals surface area contributed by atoms with Crippen LogP contribution in [0.2, 0.25) is 5.02 Å². The fourth-order valence-corrected chi connectivity index (χ4v) is 2.38. The van der Waals surface area contributed by atoms with E-state index in [1.54, 1.807) is 6.92 Å². The topological polar surface area (TPSA) is 80.5 Å². The quantitative estimate of drug-likeness (QED) is 0.824. The first-order valence-corrected chi connectivity index (χ1v) is 8.17. The van der Waals surface area contributed by atoms with E-state index in [0.29, 0.717) is 24.0 Å². The largest absolute Gasteiger partial charge is 0.468 e. The van der Waals surface area contributed by atoms with Gasteiger partial charge < -0.3 is 14.6 Å². The van der Waals surface area contributed by atoms with Gasteiger partial charge in [0.1, 0.15) is 0 Å². The number of nitrogens with zero attached hydrogens (tertiary/aromatic N) is 3. The Morgan fingerprint density at radius 3 is 2.83 bits per heavy atom. The summed E-state index contributed by atoms with van der Waals surface area (Å²) in [5.41, 5.74) is 0.853. The maximum Gasteiger partial charge on any atom is 0.293 e. The Kier molecular flexibility index (Phi) is 7.67. The molecule has 7 nitrogen and oxygen atoms in total. The van der Waals surface area contributed by atoms with Crippen LogP contribution in [0.1, 0.15) is 12.7 Å². The molecule has 3 rings (SSSR count). The molecule has 0 saturated carbocycles. The van der Waals surface area contributed by atoms with Gasteiger partial charge in [0.2, 0.25) is 0 Å². The van der Waals surface area contributed by atoms with Crippen molar-refractivity contribution in [2.24, 2.45) is 0 Å². The summed E-state index contributed by atoms with van der Waals surface area (Å²) >= 11 is 5.95. The Morgan fingerprint density at radius 1 is 1.42 bits per heavy atom. The molecule has 1 aromatic carbocycles. The number of rotatable bonds is 5. The standard InChI is InChI=1S/C13H15ClN4O.C3H6O2/c14-11-3-1-2-10(8-11)13-16-12(17-19-13)9-18-6-4-15-5-7-18;1-2-5-3-4/h1-3,8,15H,4-7,9H2;3H,2H2,1H3. The summed E-state index contributed by atoms with van der Waals surface area (Å²) in [7, 11) is 0. The van der Waals surface area contributed by atoms with Gasteiger partial charge in [-0.3, -0.25) is 9.69 Å². The Labute approximate surface area is 145 Å². The van der Waals surface area contributed by atoms with Crippen LogP contribution >= 0.6 is 11.6 Å². The van der Waals surface area contributed by atoms with E-state index in [9.17, 15) is 4.79 Å². The number of nitrogens with one attached hydrogen (secondary N) is 1. The second-order valence-electron chi connectivity index (χ2n) is 5.10. The van der Waals surface area contributed by atoms with Crippen LogP contribution in [0.25, 0.3) is 11.5 Å². The average Bonchev–Trinajstić information content (AvgIpc) is 3.06. The lowest BCUT2D eigenvalue weighted by molar-refractivity contribution is -0.128. The summed E-state index contributed by atoms with van der Waals surface area (Å²) in [6.07, 6.45) is 0. The van der Waals surface area contributed by atoms with Crippen LogP contribution < -0.4 is 5.32 Å². The third-order valence-corrected chi connectivity index (χ3v) is 3.58. The van der Waals surface area contributed by atoms with E-state index in [0.717, 1.165) is 44.1 Å². The maximum absolute atomic E-state index is 9.18. The Balaban J connectivity index is 0.000000368. The Morgan fingerprint density at radius 2 is 2.21 bits per heavy atom. The highest BCUT2D eigenvalue weighted by Gasteiger charge is 2.14. The summed E-state index contributed by atoms with van der Waals surface area (Å²) in [5, 5.41) is 8.01. The van der Waals surface area contributed by atoms with Gasteiger partial charge >= 0.3 is 0 Å². The van der Waals surface area contributed by atoms with Crippen molar-refractivity contribution in [1.29, 1.82) is 0 Å². The number of piperazine rings is 1. The van der Waals surface area contributed by atoms with Gasteiger partial charge in [-0.05, 0) is 25.1 Å². The van der Waals surface area contributed by atoms with Crippen molar-refractivity contribution in [2.45, 2.75) is 13.5 Å². The molecular formula is C16H21ClN4O3. The zero-order chi connectivity index (χ0) is 17.2. The molecule has 0 radical (unpaired) electrons. The SMILES string of the molecule is CCOC=O.Clc1cccc(-c2nc(CN3CCNCC3)no2)c1. The Bertz CT molecular complexity index is 629. The number of carbonyl (C=O) groups excluding carboxylic acids is 1. The molecule has 0 aliphatic carbocycles. The first-order chi connectivity index (χ1) is 11.7. The van der Waals surface area contributed by atoms with Crippen molar-refractivity contribution in [2.75, 3.05) is 32.8 Å². The monoisotopic (exact) mass is 352 g/mol. The fraction of sp³-hybridized carbons (Fsp3) is 0.438. The second kappa shape index (κ2) is 10.0. The smallest absolute Gasteiger partial charge is 0.293 e. The van der Waals surface area contributed by atoms with Crippen molar-refractivity contribution in [1.82, 2.24) is 20.4 Å². The first-order valence-electron chi connectivity index (χ1n) is 7.79. The number of benzene rings is 1. The third kappa shape index (κ3) is 5.92. The molecule has 2 heterocycles. The van der Waals surface area contributed by atoms with Crippen LogP contribution in [0.3, 0.4) is 0 Å². The summed E-state index contributed by atoms with van der Waals surface area (Å²) in [4.78, 5) is 15.9. The number of halogens is 1. The number of aromatic nitrogens is 2. The molecule has 0 atom stereocenters. The molecule has 1 aliphatic heterocycles. The Hall–Kier alpha value is -1.96. The van der Waals surface area contributed by atoms with E-state index < -0.39 is 0 Å². The predicted molar refractivity (Wildman–Crippen MR) is 90.6 cm³/mol. The highest BCUT2D eigenvalue weighted by Crippen LogP contribution is 2.21. The lowest BCUT2D eigenvalue weighted by Gasteiger charge is -2.25. The van der Waals surface area contributed by atoms with Gasteiger partial charge in [0.25, 0.3) is 12.4 Å². The van der Waals surface area contributed by atoms with Crippen molar-refractivity contribution < 1.29 is 14.1 Å². The molecule has 2 aromatic rings. The molecule has 1 N–H and O–H groups in total. The summed E-state index contributed by atoms with van der Waals surface area (Å²) in [6, 6.07) is 7.43. The number of hydrogen-bond acceptors (Lipinski definition) is 7. The van der Waals surface area contributed by atoms with Crippen LogP contribution in [0.15, 0.2) is 28.8 Å². The van der Waals surface area contributed by atoms with Gasteiger partial charge in [0, 0.05) is 36.8 Å². The average molecular weight is 353 g/mol. The zero-order valence-electron chi connectivity index (χ0n) is 13.6. The minimum atomic E-state index is 0.431. The van der Waals surface area contributed by atoms with E-state index in [-0.39, 0.29) is 0 Å². The van der Waals surface area contributed by atoms with Gasteiger partial charge in [0.15, 0.2) is 5.82 Å². The van der Waals surface area contributed by atoms with Crippen LogP contribution in [0, 0.1) is 0 Å². The van der Waals surface area contributed by atoms with Crippen molar-refractivity contribution in [3.8, 4) is 11.5 Å². The molecule has 24 heavy (non-hydrogen) atoms. The lowest BCUT2D eigenvalue weighted by atomic mass is 10.2. The molecule has 130 valence electrons.